The van der Waals surface area contributed by atoms with Gasteiger partial charge in [0.1, 0.15) is 28.3 Å². The van der Waals surface area contributed by atoms with E-state index in [1.807, 2.05) is 0 Å². The van der Waals surface area contributed by atoms with Crippen molar-refractivity contribution < 1.29 is 9.53 Å². The predicted octanol–water partition coefficient (Wildman–Crippen LogP) is 1.96. The highest BCUT2D eigenvalue weighted by Crippen LogP contribution is 2.19. The molecule has 0 fully saturated rings. The Morgan fingerprint density at radius 3 is 2.85 bits per heavy atom. The Kier molecular flexibility index (Phi) is 3.94. The second-order valence-electron chi connectivity index (χ2n) is 4.01. The Morgan fingerprint density at radius 1 is 1.45 bits per heavy atom. The highest BCUT2D eigenvalue weighted by Gasteiger charge is 2.12. The minimum Gasteiger partial charge on any atom is -0.464 e. The largest absolute Gasteiger partial charge is 0.464 e. The smallest absolute Gasteiger partial charge is 0.354 e. The van der Waals surface area contributed by atoms with Crippen LogP contribution in [-0.2, 0) is 4.74 Å². The number of anilines is 3. The number of nitrogen functional groups attached to an aromatic ring is 1. The fourth-order valence-electron chi connectivity index (χ4n) is 1.62. The molecule has 0 amide bonds. The van der Waals surface area contributed by atoms with Crippen LogP contribution in [0.25, 0.3) is 0 Å². The molecule has 0 spiro atoms. The molecule has 0 saturated heterocycles. The monoisotopic (exact) mass is 291 g/mol. The van der Waals surface area contributed by atoms with E-state index in [1.54, 1.807) is 19.1 Å². The summed E-state index contributed by atoms with van der Waals surface area (Å²) in [6, 6.07) is 3.32. The summed E-state index contributed by atoms with van der Waals surface area (Å²) in [5.74, 6) is 0.397. The number of ether oxygens (including phenoxy) is 1. The van der Waals surface area contributed by atoms with Crippen molar-refractivity contribution in [2.45, 2.75) is 6.92 Å². The average Bonchev–Trinajstić information content (AvgIpc) is 2.41. The number of esters is 1. The molecule has 2 heterocycles. The van der Waals surface area contributed by atoms with Crippen LogP contribution in [0.15, 0.2) is 18.5 Å². The van der Waals surface area contributed by atoms with Crippen LogP contribution >= 0.6 is 12.2 Å². The fraction of sp³-hybridized carbons (Fsp3) is 0.167. The highest BCUT2D eigenvalue weighted by atomic mass is 32.1. The molecule has 4 N–H and O–H groups in total. The minimum atomic E-state index is -0.466. The Balaban J connectivity index is 2.37. The first-order valence-corrected chi connectivity index (χ1v) is 6.09. The van der Waals surface area contributed by atoms with Gasteiger partial charge in [-0.05, 0) is 18.6 Å². The van der Waals surface area contributed by atoms with E-state index in [0.29, 0.717) is 33.2 Å². The molecule has 104 valence electrons. The molecule has 20 heavy (non-hydrogen) atoms. The number of aromatic amines is 1. The third kappa shape index (κ3) is 2.91. The number of nitrogens with zero attached hydrogens (tertiary/aromatic N) is 2. The number of aryl methyl sites for hydroxylation is 1. The molecule has 0 radical (unpaired) electrons. The number of carbonyl (C=O) groups excluding carboxylic acids is 1. The number of rotatable bonds is 3. The van der Waals surface area contributed by atoms with Gasteiger partial charge in [-0.1, -0.05) is 12.2 Å². The Hall–Kier alpha value is -2.48. The molecule has 2 rings (SSSR count). The normalized spacial score (nSPS) is 10.1. The number of carbonyl (C=O) groups is 1. The summed E-state index contributed by atoms with van der Waals surface area (Å²) < 4.78 is 5.04. The van der Waals surface area contributed by atoms with Gasteiger partial charge < -0.3 is 20.8 Å². The maximum absolute atomic E-state index is 11.5. The van der Waals surface area contributed by atoms with Crippen LogP contribution in [0.4, 0.5) is 17.3 Å². The lowest BCUT2D eigenvalue weighted by molar-refractivity contribution is 0.0593. The van der Waals surface area contributed by atoms with E-state index < -0.39 is 5.97 Å². The van der Waals surface area contributed by atoms with Gasteiger partial charge in [-0.3, -0.25) is 0 Å². The van der Waals surface area contributed by atoms with E-state index in [1.165, 1.54) is 13.4 Å². The van der Waals surface area contributed by atoms with E-state index in [4.69, 9.17) is 18.0 Å². The maximum atomic E-state index is 11.5. The number of methoxy groups -OCH3 is 1. The maximum Gasteiger partial charge on any atom is 0.354 e. The van der Waals surface area contributed by atoms with Crippen molar-refractivity contribution in [1.29, 1.82) is 0 Å². The van der Waals surface area contributed by atoms with E-state index in [-0.39, 0.29) is 0 Å². The summed E-state index contributed by atoms with van der Waals surface area (Å²) in [7, 11) is 1.31. The molecular formula is C12H13N5O2S. The van der Waals surface area contributed by atoms with Crippen molar-refractivity contribution >= 4 is 35.5 Å². The zero-order chi connectivity index (χ0) is 14.7. The van der Waals surface area contributed by atoms with E-state index >= 15 is 0 Å². The second kappa shape index (κ2) is 5.66. The molecule has 8 heteroatoms. The molecule has 2 aromatic heterocycles. The third-order valence-electron chi connectivity index (χ3n) is 2.58. The molecule has 0 aromatic carbocycles. The summed E-state index contributed by atoms with van der Waals surface area (Å²) in [6.45, 7) is 1.77. The van der Waals surface area contributed by atoms with E-state index in [2.05, 4.69) is 25.0 Å². The molecule has 0 bridgehead atoms. The number of H-pyrrole nitrogens is 1. The van der Waals surface area contributed by atoms with E-state index in [9.17, 15) is 4.79 Å². The van der Waals surface area contributed by atoms with Crippen LogP contribution < -0.4 is 11.1 Å². The van der Waals surface area contributed by atoms with Gasteiger partial charge in [-0.15, -0.1) is 0 Å². The quantitative estimate of drug-likeness (QED) is 0.586. The first-order chi connectivity index (χ1) is 9.51. The van der Waals surface area contributed by atoms with Gasteiger partial charge in [0.15, 0.2) is 0 Å². The number of nitrogens with one attached hydrogen (secondary N) is 2. The minimum absolute atomic E-state index is 0.324. The van der Waals surface area contributed by atoms with Gasteiger partial charge in [0.25, 0.3) is 0 Å². The van der Waals surface area contributed by atoms with Crippen molar-refractivity contribution in [3.8, 4) is 0 Å². The number of aromatic nitrogens is 3. The number of hydrogen-bond acceptors (Lipinski definition) is 7. The molecule has 0 atom stereocenters. The third-order valence-corrected chi connectivity index (χ3v) is 2.90. The number of hydrogen-bond donors (Lipinski definition) is 3. The lowest BCUT2D eigenvalue weighted by Crippen LogP contribution is -2.08. The van der Waals surface area contributed by atoms with Gasteiger partial charge in [-0.25, -0.2) is 14.8 Å². The Labute approximate surface area is 120 Å². The molecule has 0 aliphatic carbocycles. The van der Waals surface area contributed by atoms with Crippen molar-refractivity contribution in [1.82, 2.24) is 15.0 Å². The number of nitrogens with two attached hydrogens (primary N) is 1. The van der Waals surface area contributed by atoms with Crippen LogP contribution in [0.1, 0.15) is 16.1 Å². The van der Waals surface area contributed by atoms with E-state index in [0.717, 1.165) is 0 Å². The van der Waals surface area contributed by atoms with Crippen LogP contribution in [0.3, 0.4) is 0 Å². The van der Waals surface area contributed by atoms with Gasteiger partial charge in [0.2, 0.25) is 0 Å². The van der Waals surface area contributed by atoms with Gasteiger partial charge >= 0.3 is 5.97 Å². The molecule has 7 nitrogen and oxygen atoms in total. The SMILES string of the molecule is COC(=O)c1[nH]c(=S)c(Nc2cc(N)ncn2)cc1C. The zero-order valence-corrected chi connectivity index (χ0v) is 11.7. The molecule has 0 saturated carbocycles. The highest BCUT2D eigenvalue weighted by molar-refractivity contribution is 7.71. The lowest BCUT2D eigenvalue weighted by Gasteiger charge is -2.09. The van der Waals surface area contributed by atoms with Gasteiger partial charge in [0, 0.05) is 6.07 Å². The molecule has 0 aliphatic heterocycles. The molecule has 0 aliphatic rings. The van der Waals surface area contributed by atoms with Crippen molar-refractivity contribution in [3.05, 3.63) is 34.4 Å². The summed E-state index contributed by atoms with van der Waals surface area (Å²) in [4.78, 5) is 22.2. The first-order valence-electron chi connectivity index (χ1n) is 5.68. The topological polar surface area (TPSA) is 106 Å². The van der Waals surface area contributed by atoms with Crippen LogP contribution in [0.2, 0.25) is 0 Å². The fourth-order valence-corrected chi connectivity index (χ4v) is 1.83. The lowest BCUT2D eigenvalue weighted by atomic mass is 10.2. The summed E-state index contributed by atoms with van der Waals surface area (Å²) in [5, 5.41) is 3.02. The van der Waals surface area contributed by atoms with Crippen LogP contribution in [-0.4, -0.2) is 28.0 Å². The van der Waals surface area contributed by atoms with Gasteiger partial charge in [0.05, 0.1) is 12.8 Å². The Bertz CT molecular complexity index is 713. The molecule has 0 unspecified atom stereocenters. The molecule has 2 aromatic rings. The van der Waals surface area contributed by atoms with Crippen molar-refractivity contribution in [2.24, 2.45) is 0 Å². The summed E-state index contributed by atoms with van der Waals surface area (Å²) in [5.41, 5.74) is 7.22. The second-order valence-corrected chi connectivity index (χ2v) is 4.42. The zero-order valence-electron chi connectivity index (χ0n) is 10.9. The summed E-state index contributed by atoms with van der Waals surface area (Å²) in [6.07, 6.45) is 1.35. The average molecular weight is 291 g/mol. The molecular weight excluding hydrogens is 278 g/mol. The standard InChI is InChI=1S/C12H13N5O2S/c1-6-3-7(11(20)17-10(6)12(18)19-2)16-9-4-8(13)14-5-15-9/h3-5H,1-2H3,(H,17,20)(H3,13,14,15,16). The predicted molar refractivity (Wildman–Crippen MR) is 77.4 cm³/mol. The van der Waals surface area contributed by atoms with Crippen LogP contribution in [0.5, 0.6) is 0 Å². The van der Waals surface area contributed by atoms with Crippen LogP contribution in [0, 0.1) is 11.6 Å². The van der Waals surface area contributed by atoms with Gasteiger partial charge in [-0.2, -0.15) is 0 Å². The van der Waals surface area contributed by atoms with Crippen molar-refractivity contribution in [2.75, 3.05) is 18.2 Å². The summed E-state index contributed by atoms with van der Waals surface area (Å²) >= 11 is 5.20. The number of pyridine rings is 1. The Morgan fingerprint density at radius 2 is 2.20 bits per heavy atom. The van der Waals surface area contributed by atoms with Crippen molar-refractivity contribution in [3.63, 3.8) is 0 Å². The first kappa shape index (κ1) is 13.9.